The van der Waals surface area contributed by atoms with Gasteiger partial charge >= 0.3 is 0 Å². The summed E-state index contributed by atoms with van der Waals surface area (Å²) in [7, 11) is 3.84. The Morgan fingerprint density at radius 1 is 1.33 bits per heavy atom. The van der Waals surface area contributed by atoms with Crippen LogP contribution in [0.4, 0.5) is 0 Å². The third kappa shape index (κ3) is 2.31. The number of rotatable bonds is 4. The molecule has 0 aliphatic carbocycles. The van der Waals surface area contributed by atoms with Crippen molar-refractivity contribution < 1.29 is 5.11 Å². The molecule has 5 heteroatoms. The minimum absolute atomic E-state index is 0.524. The minimum Gasteiger partial charge on any atom is -0.385 e. The van der Waals surface area contributed by atoms with Gasteiger partial charge in [0, 0.05) is 32.2 Å². The molecule has 5 nitrogen and oxygen atoms in total. The van der Waals surface area contributed by atoms with Crippen molar-refractivity contribution in [2.45, 2.75) is 32.8 Å². The molecule has 2 rings (SSSR count). The van der Waals surface area contributed by atoms with Gasteiger partial charge in [-0.25, -0.2) is 4.98 Å². The quantitative estimate of drug-likeness (QED) is 0.890. The standard InChI is InChI=1S/C13H20N4O/c1-9-11(10(2)17(4)15-9)5-6-12(18)13-14-7-8-16(13)3/h7-8,12,18H,5-6H2,1-4H3. The van der Waals surface area contributed by atoms with Gasteiger partial charge in [0.15, 0.2) is 0 Å². The zero-order valence-electron chi connectivity index (χ0n) is 11.4. The fourth-order valence-electron chi connectivity index (χ4n) is 2.29. The van der Waals surface area contributed by atoms with Gasteiger partial charge in [0.25, 0.3) is 0 Å². The molecule has 2 aromatic heterocycles. The van der Waals surface area contributed by atoms with Gasteiger partial charge in [-0.1, -0.05) is 0 Å². The van der Waals surface area contributed by atoms with Crippen LogP contribution in [0.25, 0.3) is 0 Å². The SMILES string of the molecule is Cc1nn(C)c(C)c1CCC(O)c1nccn1C. The molecule has 0 fully saturated rings. The van der Waals surface area contributed by atoms with E-state index in [2.05, 4.69) is 17.0 Å². The Balaban J connectivity index is 2.06. The van der Waals surface area contributed by atoms with Crippen molar-refractivity contribution >= 4 is 0 Å². The lowest BCUT2D eigenvalue weighted by molar-refractivity contribution is 0.154. The Labute approximate surface area is 107 Å². The lowest BCUT2D eigenvalue weighted by atomic mass is 10.0. The summed E-state index contributed by atoms with van der Waals surface area (Å²) >= 11 is 0. The van der Waals surface area contributed by atoms with Crippen LogP contribution in [0.15, 0.2) is 12.4 Å². The van der Waals surface area contributed by atoms with Crippen LogP contribution in [-0.4, -0.2) is 24.4 Å². The summed E-state index contributed by atoms with van der Waals surface area (Å²) in [5.41, 5.74) is 3.44. The average molecular weight is 248 g/mol. The lowest BCUT2D eigenvalue weighted by Gasteiger charge is -2.10. The van der Waals surface area contributed by atoms with Gasteiger partial charge in [0.2, 0.25) is 0 Å². The van der Waals surface area contributed by atoms with Gasteiger partial charge in [0.05, 0.1) is 5.69 Å². The van der Waals surface area contributed by atoms with E-state index in [1.54, 1.807) is 6.20 Å². The Morgan fingerprint density at radius 3 is 2.56 bits per heavy atom. The predicted octanol–water partition coefficient (Wildman–Crippen LogP) is 1.44. The van der Waals surface area contributed by atoms with Crippen LogP contribution in [0, 0.1) is 13.8 Å². The van der Waals surface area contributed by atoms with Crippen molar-refractivity contribution in [3.8, 4) is 0 Å². The Hall–Kier alpha value is -1.62. The molecule has 0 saturated carbocycles. The maximum atomic E-state index is 10.1. The number of aryl methyl sites for hydroxylation is 3. The number of hydrogen-bond donors (Lipinski definition) is 1. The number of nitrogens with zero attached hydrogens (tertiary/aromatic N) is 4. The zero-order chi connectivity index (χ0) is 13.3. The first-order valence-electron chi connectivity index (χ1n) is 6.15. The lowest BCUT2D eigenvalue weighted by Crippen LogP contribution is -2.07. The monoisotopic (exact) mass is 248 g/mol. The third-order valence-corrected chi connectivity index (χ3v) is 3.48. The van der Waals surface area contributed by atoms with E-state index in [1.165, 1.54) is 11.3 Å². The van der Waals surface area contributed by atoms with Crippen molar-refractivity contribution in [2.24, 2.45) is 14.1 Å². The molecule has 0 radical (unpaired) electrons. The first-order chi connectivity index (χ1) is 8.50. The predicted molar refractivity (Wildman–Crippen MR) is 69.2 cm³/mol. The van der Waals surface area contributed by atoms with Gasteiger partial charge in [-0.2, -0.15) is 5.10 Å². The van der Waals surface area contributed by atoms with Gasteiger partial charge in [0.1, 0.15) is 11.9 Å². The van der Waals surface area contributed by atoms with Crippen LogP contribution in [-0.2, 0) is 20.5 Å². The molecule has 2 aromatic rings. The van der Waals surface area contributed by atoms with Gasteiger partial charge in [-0.3, -0.25) is 4.68 Å². The Kier molecular flexibility index (Phi) is 3.52. The van der Waals surface area contributed by atoms with E-state index in [-0.39, 0.29) is 0 Å². The highest BCUT2D eigenvalue weighted by molar-refractivity contribution is 5.24. The second kappa shape index (κ2) is 4.94. The molecule has 1 unspecified atom stereocenters. The third-order valence-electron chi connectivity index (χ3n) is 3.48. The molecule has 0 aliphatic heterocycles. The van der Waals surface area contributed by atoms with Crippen LogP contribution >= 0.6 is 0 Å². The summed E-state index contributed by atoms with van der Waals surface area (Å²) in [6, 6.07) is 0. The summed E-state index contributed by atoms with van der Waals surface area (Å²) < 4.78 is 3.74. The van der Waals surface area contributed by atoms with Crippen molar-refractivity contribution in [2.75, 3.05) is 0 Å². The van der Waals surface area contributed by atoms with Crippen LogP contribution < -0.4 is 0 Å². The van der Waals surface area contributed by atoms with Crippen LogP contribution in [0.1, 0.15) is 35.3 Å². The van der Waals surface area contributed by atoms with Gasteiger partial charge in [-0.15, -0.1) is 0 Å². The van der Waals surface area contributed by atoms with Gasteiger partial charge in [-0.05, 0) is 32.3 Å². The van der Waals surface area contributed by atoms with Crippen molar-refractivity contribution in [1.29, 1.82) is 0 Å². The molecule has 1 atom stereocenters. The molecule has 0 amide bonds. The van der Waals surface area contributed by atoms with Crippen molar-refractivity contribution in [1.82, 2.24) is 19.3 Å². The second-order valence-electron chi connectivity index (χ2n) is 4.72. The van der Waals surface area contributed by atoms with E-state index in [0.29, 0.717) is 12.2 Å². The van der Waals surface area contributed by atoms with E-state index in [0.717, 1.165) is 12.1 Å². The van der Waals surface area contributed by atoms with Gasteiger partial charge < -0.3 is 9.67 Å². The highest BCUT2D eigenvalue weighted by atomic mass is 16.3. The summed E-state index contributed by atoms with van der Waals surface area (Å²) in [5, 5.41) is 14.5. The van der Waals surface area contributed by atoms with E-state index in [4.69, 9.17) is 0 Å². The summed E-state index contributed by atoms with van der Waals surface area (Å²) in [5.74, 6) is 0.717. The number of hydrogen-bond acceptors (Lipinski definition) is 3. The molecule has 98 valence electrons. The van der Waals surface area contributed by atoms with Crippen molar-refractivity contribution in [3.05, 3.63) is 35.2 Å². The number of aromatic nitrogens is 4. The topological polar surface area (TPSA) is 55.9 Å². The fourth-order valence-corrected chi connectivity index (χ4v) is 2.29. The molecule has 2 heterocycles. The van der Waals surface area contributed by atoms with Crippen LogP contribution in [0.3, 0.4) is 0 Å². The molecular formula is C13H20N4O. The van der Waals surface area contributed by atoms with E-state index in [1.807, 2.05) is 36.5 Å². The highest BCUT2D eigenvalue weighted by Crippen LogP contribution is 2.20. The molecule has 0 aliphatic rings. The van der Waals surface area contributed by atoms with Crippen molar-refractivity contribution in [3.63, 3.8) is 0 Å². The number of imidazole rings is 1. The largest absolute Gasteiger partial charge is 0.385 e. The molecule has 0 aromatic carbocycles. The van der Waals surface area contributed by atoms with Crippen LogP contribution in [0.5, 0.6) is 0 Å². The molecule has 0 saturated heterocycles. The molecule has 18 heavy (non-hydrogen) atoms. The zero-order valence-corrected chi connectivity index (χ0v) is 11.4. The normalized spacial score (nSPS) is 12.9. The maximum absolute atomic E-state index is 10.1. The summed E-state index contributed by atoms with van der Waals surface area (Å²) in [6.07, 6.45) is 4.51. The average Bonchev–Trinajstić information content (AvgIpc) is 2.83. The minimum atomic E-state index is -0.524. The fraction of sp³-hybridized carbons (Fsp3) is 0.538. The summed E-state index contributed by atoms with van der Waals surface area (Å²) in [4.78, 5) is 4.17. The molecule has 0 bridgehead atoms. The second-order valence-corrected chi connectivity index (χ2v) is 4.72. The van der Waals surface area contributed by atoms with E-state index >= 15 is 0 Å². The first-order valence-corrected chi connectivity index (χ1v) is 6.15. The summed E-state index contributed by atoms with van der Waals surface area (Å²) in [6.45, 7) is 4.07. The highest BCUT2D eigenvalue weighted by Gasteiger charge is 2.15. The molecule has 1 N–H and O–H groups in total. The first kappa shape index (κ1) is 12.8. The maximum Gasteiger partial charge on any atom is 0.137 e. The smallest absolute Gasteiger partial charge is 0.137 e. The molecular weight excluding hydrogens is 228 g/mol. The number of aliphatic hydroxyl groups is 1. The van der Waals surface area contributed by atoms with E-state index < -0.39 is 6.10 Å². The van der Waals surface area contributed by atoms with Crippen LogP contribution in [0.2, 0.25) is 0 Å². The Morgan fingerprint density at radius 2 is 2.06 bits per heavy atom. The Bertz CT molecular complexity index is 541. The number of aliphatic hydroxyl groups excluding tert-OH is 1. The van der Waals surface area contributed by atoms with E-state index in [9.17, 15) is 5.11 Å². The molecule has 0 spiro atoms.